The van der Waals surface area contributed by atoms with Crippen molar-refractivity contribution in [2.75, 3.05) is 10.6 Å². The molecule has 0 radical (unpaired) electrons. The van der Waals surface area contributed by atoms with Crippen LogP contribution in [0.4, 0.5) is 11.4 Å². The minimum atomic E-state index is -0.260. The molecular formula is C19H22N2O3. The molecule has 2 rings (SSSR count). The summed E-state index contributed by atoms with van der Waals surface area (Å²) in [6, 6.07) is 12.5. The first-order chi connectivity index (χ1) is 11.4. The van der Waals surface area contributed by atoms with E-state index in [9.17, 15) is 9.59 Å². The molecule has 0 saturated heterocycles. The summed E-state index contributed by atoms with van der Waals surface area (Å²) < 4.78 is 5.68. The average molecular weight is 326 g/mol. The monoisotopic (exact) mass is 326 g/mol. The predicted octanol–water partition coefficient (Wildman–Crippen LogP) is 3.99. The van der Waals surface area contributed by atoms with E-state index in [1.807, 2.05) is 32.9 Å². The number of amides is 2. The Hall–Kier alpha value is -2.82. The fourth-order valence-corrected chi connectivity index (χ4v) is 2.23. The lowest BCUT2D eigenvalue weighted by atomic mass is 10.1. The molecule has 0 atom stereocenters. The summed E-state index contributed by atoms with van der Waals surface area (Å²) in [5, 5.41) is 5.59. The average Bonchev–Trinajstić information content (AvgIpc) is 2.50. The van der Waals surface area contributed by atoms with Crippen LogP contribution in [0.25, 0.3) is 0 Å². The van der Waals surface area contributed by atoms with Crippen LogP contribution in [0.2, 0.25) is 0 Å². The van der Waals surface area contributed by atoms with Crippen molar-refractivity contribution >= 4 is 23.2 Å². The smallest absolute Gasteiger partial charge is 0.259 e. The van der Waals surface area contributed by atoms with Gasteiger partial charge in [-0.3, -0.25) is 9.59 Å². The number of anilines is 2. The second-order valence-corrected chi connectivity index (χ2v) is 5.83. The predicted molar refractivity (Wildman–Crippen MR) is 95.6 cm³/mol. The zero-order valence-electron chi connectivity index (χ0n) is 14.3. The highest BCUT2D eigenvalue weighted by atomic mass is 16.5. The minimum Gasteiger partial charge on any atom is -0.490 e. The molecule has 0 unspecified atom stereocenters. The van der Waals surface area contributed by atoms with Gasteiger partial charge in [-0.25, -0.2) is 0 Å². The van der Waals surface area contributed by atoms with Crippen molar-refractivity contribution in [3.63, 3.8) is 0 Å². The summed E-state index contributed by atoms with van der Waals surface area (Å²) in [6.07, 6.45) is -0.0234. The van der Waals surface area contributed by atoms with E-state index in [1.54, 1.807) is 30.3 Å². The number of ether oxygens (including phenoxy) is 1. The number of hydrogen-bond acceptors (Lipinski definition) is 3. The Morgan fingerprint density at radius 1 is 1.04 bits per heavy atom. The van der Waals surface area contributed by atoms with Gasteiger partial charge < -0.3 is 15.4 Å². The van der Waals surface area contributed by atoms with Crippen molar-refractivity contribution in [1.29, 1.82) is 0 Å². The second-order valence-electron chi connectivity index (χ2n) is 5.83. The van der Waals surface area contributed by atoms with Crippen LogP contribution in [-0.2, 0) is 4.79 Å². The van der Waals surface area contributed by atoms with Crippen LogP contribution in [0.1, 0.15) is 36.7 Å². The third-order valence-corrected chi connectivity index (χ3v) is 3.30. The quantitative estimate of drug-likeness (QED) is 0.873. The van der Waals surface area contributed by atoms with Gasteiger partial charge >= 0.3 is 0 Å². The van der Waals surface area contributed by atoms with E-state index < -0.39 is 0 Å². The zero-order chi connectivity index (χ0) is 17.7. The molecule has 0 aromatic heterocycles. The molecule has 5 nitrogen and oxygen atoms in total. The normalized spacial score (nSPS) is 10.4. The summed E-state index contributed by atoms with van der Waals surface area (Å²) in [4.78, 5) is 23.8. The Morgan fingerprint density at radius 2 is 1.75 bits per heavy atom. The molecule has 0 spiro atoms. The van der Waals surface area contributed by atoms with Gasteiger partial charge in [-0.1, -0.05) is 18.2 Å². The molecule has 2 N–H and O–H groups in total. The Morgan fingerprint density at radius 3 is 2.42 bits per heavy atom. The third kappa shape index (κ3) is 4.59. The summed E-state index contributed by atoms with van der Waals surface area (Å²) in [7, 11) is 0. The van der Waals surface area contributed by atoms with Gasteiger partial charge in [-0.2, -0.15) is 0 Å². The summed E-state index contributed by atoms with van der Waals surface area (Å²) in [5.41, 5.74) is 2.67. The van der Waals surface area contributed by atoms with Gasteiger partial charge in [0.1, 0.15) is 5.75 Å². The maximum absolute atomic E-state index is 12.6. The van der Waals surface area contributed by atoms with E-state index in [2.05, 4.69) is 10.6 Å². The zero-order valence-corrected chi connectivity index (χ0v) is 14.3. The molecular weight excluding hydrogens is 304 g/mol. The van der Waals surface area contributed by atoms with Crippen LogP contribution in [-0.4, -0.2) is 17.9 Å². The summed E-state index contributed by atoms with van der Waals surface area (Å²) in [6.45, 7) is 7.16. The molecule has 0 heterocycles. The number of carbonyl (C=O) groups excluding carboxylic acids is 2. The fourth-order valence-electron chi connectivity index (χ4n) is 2.23. The molecule has 5 heteroatoms. The van der Waals surface area contributed by atoms with Crippen LogP contribution in [0.15, 0.2) is 42.5 Å². The first-order valence-corrected chi connectivity index (χ1v) is 7.82. The van der Waals surface area contributed by atoms with Crippen molar-refractivity contribution in [2.45, 2.75) is 33.8 Å². The molecule has 126 valence electrons. The van der Waals surface area contributed by atoms with Crippen molar-refractivity contribution in [2.24, 2.45) is 0 Å². The molecule has 0 fully saturated rings. The van der Waals surface area contributed by atoms with E-state index in [0.717, 1.165) is 5.56 Å². The van der Waals surface area contributed by atoms with E-state index in [1.165, 1.54) is 6.92 Å². The SMILES string of the molecule is CC(=O)Nc1cc(NC(=O)c2ccccc2OC(C)C)ccc1C. The van der Waals surface area contributed by atoms with E-state index >= 15 is 0 Å². The summed E-state index contributed by atoms with van der Waals surface area (Å²) >= 11 is 0. The Kier molecular flexibility index (Phi) is 5.58. The third-order valence-electron chi connectivity index (χ3n) is 3.30. The molecule has 0 saturated carbocycles. The van der Waals surface area contributed by atoms with E-state index in [0.29, 0.717) is 22.7 Å². The molecule has 0 aliphatic carbocycles. The molecule has 2 aromatic rings. The lowest BCUT2D eigenvalue weighted by molar-refractivity contribution is -0.114. The van der Waals surface area contributed by atoms with Crippen molar-refractivity contribution in [3.8, 4) is 5.75 Å². The maximum atomic E-state index is 12.6. The highest BCUT2D eigenvalue weighted by Gasteiger charge is 2.14. The number of carbonyl (C=O) groups is 2. The first kappa shape index (κ1) is 17.5. The Bertz CT molecular complexity index is 754. The number of nitrogens with one attached hydrogen (secondary N) is 2. The lowest BCUT2D eigenvalue weighted by Gasteiger charge is -2.15. The number of para-hydroxylation sites is 1. The second kappa shape index (κ2) is 7.64. The van der Waals surface area contributed by atoms with Gasteiger partial charge in [0.05, 0.1) is 11.7 Å². The maximum Gasteiger partial charge on any atom is 0.259 e. The van der Waals surface area contributed by atoms with Crippen LogP contribution >= 0.6 is 0 Å². The van der Waals surface area contributed by atoms with Crippen LogP contribution in [0.3, 0.4) is 0 Å². The number of aryl methyl sites for hydroxylation is 1. The molecule has 0 bridgehead atoms. The molecule has 2 aromatic carbocycles. The molecule has 24 heavy (non-hydrogen) atoms. The van der Waals surface area contributed by atoms with Crippen LogP contribution < -0.4 is 15.4 Å². The topological polar surface area (TPSA) is 67.4 Å². The number of hydrogen-bond donors (Lipinski definition) is 2. The van der Waals surface area contributed by atoms with Crippen molar-refractivity contribution in [3.05, 3.63) is 53.6 Å². The summed E-state index contributed by atoms with van der Waals surface area (Å²) in [5.74, 6) is 0.125. The number of rotatable bonds is 5. The van der Waals surface area contributed by atoms with E-state index in [-0.39, 0.29) is 17.9 Å². The van der Waals surface area contributed by atoms with Crippen molar-refractivity contribution in [1.82, 2.24) is 0 Å². The van der Waals surface area contributed by atoms with Gasteiger partial charge in [0.2, 0.25) is 5.91 Å². The Labute approximate surface area is 142 Å². The highest BCUT2D eigenvalue weighted by molar-refractivity contribution is 6.06. The molecule has 0 aliphatic rings. The van der Waals surface area contributed by atoms with E-state index in [4.69, 9.17) is 4.74 Å². The van der Waals surface area contributed by atoms with Gasteiger partial charge in [0, 0.05) is 18.3 Å². The van der Waals surface area contributed by atoms with Crippen LogP contribution in [0, 0.1) is 6.92 Å². The van der Waals surface area contributed by atoms with Gasteiger partial charge in [0.25, 0.3) is 5.91 Å². The van der Waals surface area contributed by atoms with Gasteiger partial charge in [-0.15, -0.1) is 0 Å². The minimum absolute atomic E-state index is 0.0234. The lowest BCUT2D eigenvalue weighted by Crippen LogP contribution is -2.16. The fraction of sp³-hybridized carbons (Fsp3) is 0.263. The standard InChI is InChI=1S/C19H22N2O3/c1-12(2)24-18-8-6-5-7-16(18)19(23)21-15-10-9-13(3)17(11-15)20-14(4)22/h5-12H,1-4H3,(H,20,22)(H,21,23). The number of benzene rings is 2. The van der Waals surface area contributed by atoms with Crippen LogP contribution in [0.5, 0.6) is 5.75 Å². The van der Waals surface area contributed by atoms with Gasteiger partial charge in [0.15, 0.2) is 0 Å². The highest BCUT2D eigenvalue weighted by Crippen LogP contribution is 2.23. The first-order valence-electron chi connectivity index (χ1n) is 7.82. The largest absolute Gasteiger partial charge is 0.490 e. The Balaban J connectivity index is 2.23. The molecule has 0 aliphatic heterocycles. The van der Waals surface area contributed by atoms with Crippen molar-refractivity contribution < 1.29 is 14.3 Å². The molecule has 2 amide bonds. The van der Waals surface area contributed by atoms with Gasteiger partial charge in [-0.05, 0) is 50.6 Å².